The zero-order valence-electron chi connectivity index (χ0n) is 13.1. The monoisotopic (exact) mass is 391 g/mol. The van der Waals surface area contributed by atoms with Crippen molar-refractivity contribution in [2.75, 3.05) is 11.9 Å². The lowest BCUT2D eigenvalue weighted by molar-refractivity contribution is -0.137. The minimum absolute atomic E-state index is 0.0179. The van der Waals surface area contributed by atoms with Crippen LogP contribution in [0.3, 0.4) is 0 Å². The maximum Gasteiger partial charge on any atom is 0.417 e. The van der Waals surface area contributed by atoms with Gasteiger partial charge in [-0.05, 0) is 48.4 Å². The van der Waals surface area contributed by atoms with Gasteiger partial charge in [0.1, 0.15) is 5.75 Å². The topological polar surface area (TPSA) is 38.3 Å². The maximum absolute atomic E-state index is 12.8. The predicted molar refractivity (Wildman–Crippen MR) is 91.4 cm³/mol. The summed E-state index contributed by atoms with van der Waals surface area (Å²) in [5, 5.41) is 2.51. The third-order valence-electron chi connectivity index (χ3n) is 3.32. The Hall–Kier alpha value is -1.92. The number of ether oxygens (including phenoxy) is 1. The first kappa shape index (κ1) is 19.4. The number of carbonyl (C=O) groups is 1. The van der Waals surface area contributed by atoms with Crippen LogP contribution in [0.4, 0.5) is 18.9 Å². The number of hydrogen-bond donors (Lipinski definition) is 1. The molecule has 3 nitrogen and oxygen atoms in total. The molecule has 0 aromatic heterocycles. The Morgan fingerprint density at radius 2 is 1.80 bits per heavy atom. The number of alkyl halides is 3. The highest BCUT2D eigenvalue weighted by atomic mass is 35.5. The summed E-state index contributed by atoms with van der Waals surface area (Å²) in [6.07, 6.45) is -3.90. The van der Waals surface area contributed by atoms with E-state index in [4.69, 9.17) is 27.9 Å². The van der Waals surface area contributed by atoms with E-state index in [9.17, 15) is 18.0 Å². The molecule has 0 aliphatic heterocycles. The van der Waals surface area contributed by atoms with E-state index >= 15 is 0 Å². The highest BCUT2D eigenvalue weighted by Crippen LogP contribution is 2.36. The molecule has 0 bridgehead atoms. The summed E-state index contributed by atoms with van der Waals surface area (Å²) in [4.78, 5) is 11.9. The Labute approximate surface area is 152 Å². The quantitative estimate of drug-likeness (QED) is 0.720. The van der Waals surface area contributed by atoms with E-state index < -0.39 is 22.7 Å². The van der Waals surface area contributed by atoms with E-state index in [1.54, 1.807) is 18.2 Å². The van der Waals surface area contributed by atoms with E-state index in [0.717, 1.165) is 17.7 Å². The summed E-state index contributed by atoms with van der Waals surface area (Å²) in [5.41, 5.74) is -0.166. The van der Waals surface area contributed by atoms with Gasteiger partial charge in [0.15, 0.2) is 6.61 Å². The van der Waals surface area contributed by atoms with Crippen molar-refractivity contribution >= 4 is 34.8 Å². The molecule has 0 unspecified atom stereocenters. The molecule has 0 aliphatic carbocycles. The average Bonchev–Trinajstić information content (AvgIpc) is 2.55. The van der Waals surface area contributed by atoms with E-state index in [1.807, 2.05) is 6.92 Å². The van der Waals surface area contributed by atoms with Crippen molar-refractivity contribution in [3.8, 4) is 5.75 Å². The lowest BCUT2D eigenvalue weighted by atomic mass is 10.1. The number of anilines is 1. The van der Waals surface area contributed by atoms with Crippen LogP contribution in [0.25, 0.3) is 0 Å². The van der Waals surface area contributed by atoms with Gasteiger partial charge in [-0.3, -0.25) is 4.79 Å². The van der Waals surface area contributed by atoms with Crippen LogP contribution in [0.15, 0.2) is 36.4 Å². The molecule has 134 valence electrons. The number of rotatable bonds is 5. The molecule has 2 rings (SSSR count). The minimum Gasteiger partial charge on any atom is -0.484 e. The lowest BCUT2D eigenvalue weighted by Crippen LogP contribution is -2.20. The van der Waals surface area contributed by atoms with Crippen LogP contribution < -0.4 is 10.1 Å². The minimum atomic E-state index is -4.60. The summed E-state index contributed by atoms with van der Waals surface area (Å²) < 4.78 is 43.8. The molecular formula is C17H14Cl2F3NO2. The van der Waals surface area contributed by atoms with Gasteiger partial charge < -0.3 is 10.1 Å². The van der Waals surface area contributed by atoms with Gasteiger partial charge in [0.2, 0.25) is 0 Å². The first-order valence-corrected chi connectivity index (χ1v) is 8.04. The van der Waals surface area contributed by atoms with Gasteiger partial charge in [0.25, 0.3) is 5.91 Å². The van der Waals surface area contributed by atoms with Crippen molar-refractivity contribution in [2.24, 2.45) is 0 Å². The molecule has 0 saturated carbocycles. The molecule has 0 heterocycles. The number of halogens is 5. The van der Waals surface area contributed by atoms with Crippen LogP contribution in [-0.2, 0) is 17.4 Å². The number of amides is 1. The number of benzene rings is 2. The van der Waals surface area contributed by atoms with Crippen LogP contribution in [0.2, 0.25) is 10.0 Å². The van der Waals surface area contributed by atoms with Crippen molar-refractivity contribution in [3.63, 3.8) is 0 Å². The number of aryl methyl sites for hydroxylation is 1. The fraction of sp³-hybridized carbons (Fsp3) is 0.235. The number of hydrogen-bond acceptors (Lipinski definition) is 2. The van der Waals surface area contributed by atoms with Crippen molar-refractivity contribution in [2.45, 2.75) is 19.5 Å². The van der Waals surface area contributed by atoms with Gasteiger partial charge in [0.05, 0.1) is 10.6 Å². The van der Waals surface area contributed by atoms with Crippen molar-refractivity contribution in [1.29, 1.82) is 0 Å². The summed E-state index contributed by atoms with van der Waals surface area (Å²) in [6.45, 7) is 1.57. The van der Waals surface area contributed by atoms with Crippen LogP contribution >= 0.6 is 23.2 Å². The second-order valence-corrected chi connectivity index (χ2v) is 5.95. The molecule has 0 atom stereocenters. The first-order valence-electron chi connectivity index (χ1n) is 7.28. The Bertz CT molecular complexity index is 779. The zero-order valence-corrected chi connectivity index (χ0v) is 14.6. The molecule has 0 spiro atoms. The van der Waals surface area contributed by atoms with Crippen LogP contribution in [0.5, 0.6) is 5.75 Å². The molecule has 0 radical (unpaired) electrons. The molecule has 2 aromatic rings. The second kappa shape index (κ2) is 7.97. The third-order valence-corrected chi connectivity index (χ3v) is 4.02. The smallest absolute Gasteiger partial charge is 0.417 e. The Balaban J connectivity index is 2.01. The Morgan fingerprint density at radius 1 is 1.12 bits per heavy atom. The highest BCUT2D eigenvalue weighted by Gasteiger charge is 2.33. The van der Waals surface area contributed by atoms with E-state index in [-0.39, 0.29) is 12.3 Å². The number of nitrogens with one attached hydrogen (secondary N) is 1. The third kappa shape index (κ3) is 5.28. The van der Waals surface area contributed by atoms with Crippen molar-refractivity contribution in [3.05, 3.63) is 57.6 Å². The van der Waals surface area contributed by atoms with Gasteiger partial charge >= 0.3 is 6.18 Å². The lowest BCUT2D eigenvalue weighted by Gasteiger charge is -2.12. The molecule has 0 fully saturated rings. The van der Waals surface area contributed by atoms with Crippen LogP contribution in [0.1, 0.15) is 18.1 Å². The highest BCUT2D eigenvalue weighted by molar-refractivity contribution is 6.31. The molecule has 25 heavy (non-hydrogen) atoms. The van der Waals surface area contributed by atoms with Crippen LogP contribution in [0, 0.1) is 0 Å². The summed E-state index contributed by atoms with van der Waals surface area (Å²) in [6, 6.07) is 8.11. The second-order valence-electron chi connectivity index (χ2n) is 5.14. The fourth-order valence-corrected chi connectivity index (χ4v) is 2.55. The van der Waals surface area contributed by atoms with E-state index in [0.29, 0.717) is 17.2 Å². The molecule has 1 amide bonds. The molecule has 8 heteroatoms. The summed E-state index contributed by atoms with van der Waals surface area (Å²) in [7, 11) is 0. The standard InChI is InChI=1S/C17H14Cl2F3NO2/c1-2-10-7-12(4-6-14(10)18)25-9-16(24)23-11-3-5-15(19)13(8-11)17(20,21)22/h3-8H,2,9H2,1H3,(H,23,24). The maximum atomic E-state index is 12.8. The predicted octanol–water partition coefficient (Wildman–Crippen LogP) is 5.59. The molecule has 0 aliphatic rings. The first-order chi connectivity index (χ1) is 11.7. The Morgan fingerprint density at radius 3 is 2.44 bits per heavy atom. The fourth-order valence-electron chi connectivity index (χ4n) is 2.08. The van der Waals surface area contributed by atoms with E-state index in [1.165, 1.54) is 6.07 Å². The van der Waals surface area contributed by atoms with Crippen LogP contribution in [-0.4, -0.2) is 12.5 Å². The van der Waals surface area contributed by atoms with Crippen molar-refractivity contribution < 1.29 is 22.7 Å². The normalized spacial score (nSPS) is 11.3. The van der Waals surface area contributed by atoms with E-state index in [2.05, 4.69) is 5.32 Å². The zero-order chi connectivity index (χ0) is 18.6. The average molecular weight is 392 g/mol. The summed E-state index contributed by atoms with van der Waals surface area (Å²) in [5.74, 6) is -0.146. The molecular weight excluding hydrogens is 378 g/mol. The van der Waals surface area contributed by atoms with Gasteiger partial charge in [0, 0.05) is 10.7 Å². The number of carbonyl (C=O) groups excluding carboxylic acids is 1. The largest absolute Gasteiger partial charge is 0.484 e. The SMILES string of the molecule is CCc1cc(OCC(=O)Nc2ccc(Cl)c(C(F)(F)F)c2)ccc1Cl. The molecule has 2 aromatic carbocycles. The van der Waals surface area contributed by atoms with Crippen molar-refractivity contribution in [1.82, 2.24) is 0 Å². The summed E-state index contributed by atoms with van der Waals surface area (Å²) >= 11 is 11.5. The molecule has 0 saturated heterocycles. The van der Waals surface area contributed by atoms with Gasteiger partial charge in [-0.25, -0.2) is 0 Å². The van der Waals surface area contributed by atoms with Gasteiger partial charge in [-0.15, -0.1) is 0 Å². The van der Waals surface area contributed by atoms with Gasteiger partial charge in [-0.2, -0.15) is 13.2 Å². The molecule has 1 N–H and O–H groups in total. The Kier molecular flexibility index (Phi) is 6.19. The van der Waals surface area contributed by atoms with Gasteiger partial charge in [-0.1, -0.05) is 30.1 Å².